The highest BCUT2D eigenvalue weighted by molar-refractivity contribution is 7.91. The molecule has 1 aliphatic heterocycles. The summed E-state index contributed by atoms with van der Waals surface area (Å²) in [7, 11) is -3.13. The minimum atomic E-state index is -3.13. The summed E-state index contributed by atoms with van der Waals surface area (Å²) in [6.45, 7) is 1.69. The smallest absolute Gasteiger partial charge is 0.269 e. The van der Waals surface area contributed by atoms with Gasteiger partial charge in [0.15, 0.2) is 9.84 Å². The van der Waals surface area contributed by atoms with Crippen molar-refractivity contribution in [2.75, 3.05) is 24.6 Å². The highest BCUT2D eigenvalue weighted by Crippen LogP contribution is 2.12. The molecule has 1 aromatic carbocycles. The summed E-state index contributed by atoms with van der Waals surface area (Å²) >= 11 is 0. The van der Waals surface area contributed by atoms with Crippen molar-refractivity contribution < 1.29 is 18.4 Å². The van der Waals surface area contributed by atoms with Gasteiger partial charge in [0.1, 0.15) is 0 Å². The second kappa shape index (κ2) is 7.14. The van der Waals surface area contributed by atoms with Crippen LogP contribution in [0.1, 0.15) is 5.56 Å². The fourth-order valence-electron chi connectivity index (χ4n) is 2.34. The Morgan fingerprint density at radius 1 is 1.23 bits per heavy atom. The molecule has 0 aromatic heterocycles. The molecule has 1 fully saturated rings. The van der Waals surface area contributed by atoms with E-state index in [0.29, 0.717) is 19.6 Å². The van der Waals surface area contributed by atoms with Crippen LogP contribution in [0.5, 0.6) is 0 Å². The van der Waals surface area contributed by atoms with Gasteiger partial charge in [-0.2, -0.15) is 0 Å². The van der Waals surface area contributed by atoms with Crippen LogP contribution in [-0.2, 0) is 16.4 Å². The lowest BCUT2D eigenvalue weighted by atomic mass is 10.2. The first-order chi connectivity index (χ1) is 10.4. The van der Waals surface area contributed by atoms with Crippen LogP contribution in [-0.4, -0.2) is 55.2 Å². The lowest BCUT2D eigenvalue weighted by Gasteiger charge is -2.15. The van der Waals surface area contributed by atoms with Crippen LogP contribution in [0.3, 0.4) is 0 Å². The van der Waals surface area contributed by atoms with E-state index < -0.39 is 26.9 Å². The van der Waals surface area contributed by atoms with Crippen molar-refractivity contribution in [3.05, 3.63) is 39.9 Å². The molecule has 1 aromatic rings. The minimum Gasteiger partial charge on any atom is -0.390 e. The lowest BCUT2D eigenvalue weighted by Crippen LogP contribution is -2.42. The second-order valence-electron chi connectivity index (χ2n) is 5.31. The third kappa shape index (κ3) is 4.73. The van der Waals surface area contributed by atoms with Gasteiger partial charge in [0.05, 0.1) is 22.5 Å². The summed E-state index contributed by atoms with van der Waals surface area (Å²) in [4.78, 5) is 10.1. The molecule has 0 spiro atoms. The Labute approximate surface area is 128 Å². The molecule has 0 bridgehead atoms. The fourth-order valence-corrected chi connectivity index (χ4v) is 4.11. The largest absolute Gasteiger partial charge is 0.390 e. The quantitative estimate of drug-likeness (QED) is 0.348. The summed E-state index contributed by atoms with van der Waals surface area (Å²) < 4.78 is 22.7. The van der Waals surface area contributed by atoms with Crippen molar-refractivity contribution in [1.29, 1.82) is 0 Å². The third-order valence-corrected chi connectivity index (χ3v) is 5.22. The summed E-state index contributed by atoms with van der Waals surface area (Å²) in [6.07, 6.45) is -0.848. The van der Waals surface area contributed by atoms with E-state index >= 15 is 0 Å². The molecule has 9 heteroatoms. The predicted molar refractivity (Wildman–Crippen MR) is 81.3 cm³/mol. The molecule has 1 heterocycles. The van der Waals surface area contributed by atoms with Crippen molar-refractivity contribution in [3.63, 3.8) is 0 Å². The molecule has 22 heavy (non-hydrogen) atoms. The minimum absolute atomic E-state index is 0.0312. The van der Waals surface area contributed by atoms with Crippen molar-refractivity contribution in [2.24, 2.45) is 0 Å². The van der Waals surface area contributed by atoms with Gasteiger partial charge in [-0.15, -0.1) is 0 Å². The van der Waals surface area contributed by atoms with E-state index in [1.807, 2.05) is 0 Å². The van der Waals surface area contributed by atoms with E-state index in [9.17, 15) is 23.6 Å². The zero-order valence-corrected chi connectivity index (χ0v) is 12.8. The van der Waals surface area contributed by atoms with Crippen molar-refractivity contribution in [3.8, 4) is 0 Å². The number of nitrogens with one attached hydrogen (secondary N) is 2. The highest BCUT2D eigenvalue weighted by Gasteiger charge is 2.35. The number of nitrogens with zero attached hydrogens (tertiary/aromatic N) is 1. The normalized spacial score (nSPS) is 23.5. The number of rotatable bonds is 7. The number of nitro groups is 1. The van der Waals surface area contributed by atoms with Gasteiger partial charge in [-0.3, -0.25) is 10.1 Å². The molecule has 2 rings (SSSR count). The molecular weight excluding hydrogens is 310 g/mol. The Morgan fingerprint density at radius 3 is 2.45 bits per heavy atom. The zero-order chi connectivity index (χ0) is 16.2. The van der Waals surface area contributed by atoms with Gasteiger partial charge in [0.25, 0.3) is 5.69 Å². The van der Waals surface area contributed by atoms with E-state index in [4.69, 9.17) is 0 Å². The maximum atomic E-state index is 11.3. The number of hydrogen-bond acceptors (Lipinski definition) is 7. The van der Waals surface area contributed by atoms with Gasteiger partial charge < -0.3 is 15.7 Å². The number of nitro benzene ring substituents is 1. The lowest BCUT2D eigenvalue weighted by molar-refractivity contribution is -0.384. The molecule has 122 valence electrons. The van der Waals surface area contributed by atoms with Gasteiger partial charge in [0, 0.05) is 37.8 Å². The summed E-state index contributed by atoms with van der Waals surface area (Å²) in [6, 6.07) is 5.87. The topological polar surface area (TPSA) is 122 Å². The number of benzene rings is 1. The van der Waals surface area contributed by atoms with Crippen LogP contribution in [0.2, 0.25) is 0 Å². The second-order valence-corrected chi connectivity index (χ2v) is 7.46. The maximum absolute atomic E-state index is 11.3. The summed E-state index contributed by atoms with van der Waals surface area (Å²) in [5.74, 6) is -0.211. The van der Waals surface area contributed by atoms with Crippen LogP contribution < -0.4 is 10.6 Å². The SMILES string of the molecule is O=[N+]([O-])c1ccc(CNCCN[C@H]2CS(=O)(=O)C[C@@H]2O)cc1. The van der Waals surface area contributed by atoms with Crippen molar-refractivity contribution in [2.45, 2.75) is 18.7 Å². The Bertz CT molecular complexity index is 617. The van der Waals surface area contributed by atoms with Gasteiger partial charge in [-0.05, 0) is 5.56 Å². The van der Waals surface area contributed by atoms with Crippen LogP contribution >= 0.6 is 0 Å². The Balaban J connectivity index is 1.66. The first kappa shape index (κ1) is 16.8. The number of non-ortho nitro benzene ring substituents is 1. The molecule has 0 saturated carbocycles. The van der Waals surface area contributed by atoms with Crippen LogP contribution in [0.25, 0.3) is 0 Å². The molecule has 1 saturated heterocycles. The van der Waals surface area contributed by atoms with Crippen LogP contribution in [0, 0.1) is 10.1 Å². The monoisotopic (exact) mass is 329 g/mol. The first-order valence-corrected chi connectivity index (χ1v) is 8.75. The Hall–Kier alpha value is -1.55. The molecule has 1 aliphatic rings. The number of hydrogen-bond donors (Lipinski definition) is 3. The van der Waals surface area contributed by atoms with E-state index in [1.165, 1.54) is 12.1 Å². The van der Waals surface area contributed by atoms with E-state index in [1.54, 1.807) is 12.1 Å². The van der Waals surface area contributed by atoms with Crippen LogP contribution in [0.15, 0.2) is 24.3 Å². The van der Waals surface area contributed by atoms with Crippen LogP contribution in [0.4, 0.5) is 5.69 Å². The van der Waals surface area contributed by atoms with Crippen molar-refractivity contribution in [1.82, 2.24) is 10.6 Å². The fraction of sp³-hybridized carbons (Fsp3) is 0.538. The Kier molecular flexibility index (Phi) is 5.46. The third-order valence-electron chi connectivity index (χ3n) is 3.51. The van der Waals surface area contributed by atoms with E-state index in [-0.39, 0.29) is 17.2 Å². The molecule has 0 amide bonds. The molecule has 0 radical (unpaired) electrons. The highest BCUT2D eigenvalue weighted by atomic mass is 32.2. The molecule has 0 unspecified atom stereocenters. The Morgan fingerprint density at radius 2 is 1.91 bits per heavy atom. The molecule has 3 N–H and O–H groups in total. The predicted octanol–water partition coefficient (Wildman–Crippen LogP) is -0.568. The molecule has 0 aliphatic carbocycles. The number of aliphatic hydroxyl groups is 1. The van der Waals surface area contributed by atoms with Gasteiger partial charge in [0.2, 0.25) is 0 Å². The van der Waals surface area contributed by atoms with E-state index in [0.717, 1.165) is 5.56 Å². The van der Waals surface area contributed by atoms with Gasteiger partial charge in [-0.1, -0.05) is 12.1 Å². The number of sulfone groups is 1. The zero-order valence-electron chi connectivity index (χ0n) is 11.9. The summed E-state index contributed by atoms with van der Waals surface area (Å²) in [5, 5.41) is 26.3. The standard InChI is InChI=1S/C13H19N3O5S/c17-13-9-22(20,21)8-12(13)15-6-5-14-7-10-1-3-11(4-2-10)16(18)19/h1-4,12-15,17H,5-9H2/t12-,13-/m0/s1. The molecule has 2 atom stereocenters. The van der Waals surface area contributed by atoms with Gasteiger partial charge in [-0.25, -0.2) is 8.42 Å². The first-order valence-electron chi connectivity index (χ1n) is 6.93. The maximum Gasteiger partial charge on any atom is 0.269 e. The average molecular weight is 329 g/mol. The summed E-state index contributed by atoms with van der Waals surface area (Å²) in [5.41, 5.74) is 0.982. The molecule has 8 nitrogen and oxygen atoms in total. The van der Waals surface area contributed by atoms with E-state index in [2.05, 4.69) is 10.6 Å². The van der Waals surface area contributed by atoms with Gasteiger partial charge >= 0.3 is 0 Å². The average Bonchev–Trinajstić information content (AvgIpc) is 2.71. The molecular formula is C13H19N3O5S. The van der Waals surface area contributed by atoms with Crippen molar-refractivity contribution >= 4 is 15.5 Å². The number of aliphatic hydroxyl groups excluding tert-OH is 1.